The molecule has 1 N–H and O–H groups in total. The van der Waals surface area contributed by atoms with Crippen LogP contribution in [0, 0.1) is 10.1 Å². The third-order valence-corrected chi connectivity index (χ3v) is 4.83. The molecule has 1 aliphatic rings. The van der Waals surface area contributed by atoms with Gasteiger partial charge >= 0.3 is 5.97 Å². The summed E-state index contributed by atoms with van der Waals surface area (Å²) in [6.07, 6.45) is -0.914. The van der Waals surface area contributed by atoms with E-state index in [2.05, 4.69) is 4.74 Å². The van der Waals surface area contributed by atoms with Crippen molar-refractivity contribution in [3.63, 3.8) is 0 Å². The molecule has 2 atom stereocenters. The number of hydrogen-bond acceptors (Lipinski definition) is 8. The first-order valence-electron chi connectivity index (χ1n) is 9.50. The van der Waals surface area contributed by atoms with Crippen molar-refractivity contribution in [3.05, 3.63) is 69.8 Å². The number of nitrogens with zero attached hydrogens (tertiary/aromatic N) is 2. The molecular formula is C21H22N2O8. The molecule has 0 aromatic heterocycles. The minimum atomic E-state index is -1.01. The van der Waals surface area contributed by atoms with Crippen molar-refractivity contribution >= 4 is 17.6 Å². The normalized spacial score (nSPS) is 17.9. The zero-order valence-electron chi connectivity index (χ0n) is 16.8. The first kappa shape index (κ1) is 22.2. The van der Waals surface area contributed by atoms with E-state index in [4.69, 9.17) is 9.47 Å². The lowest BCUT2D eigenvalue weighted by molar-refractivity contribution is -0.385. The fourth-order valence-electron chi connectivity index (χ4n) is 3.33. The first-order chi connectivity index (χ1) is 14.9. The number of benzene rings is 2. The second kappa shape index (κ2) is 10.0. The number of aliphatic hydroxyl groups excluding tert-OH is 1. The number of rotatable bonds is 8. The van der Waals surface area contributed by atoms with Gasteiger partial charge in [-0.2, -0.15) is 0 Å². The summed E-state index contributed by atoms with van der Waals surface area (Å²) in [5, 5.41) is 21.4. The SMILES string of the molecule is COC(=O)[C@@H]1CC(O)CN1C(=O)c1ccc(OCOCc2ccccc2)cc1[N+](=O)[O-]. The molecule has 3 rings (SSSR count). The van der Waals surface area contributed by atoms with E-state index in [0.29, 0.717) is 6.61 Å². The van der Waals surface area contributed by atoms with Gasteiger partial charge < -0.3 is 24.2 Å². The largest absolute Gasteiger partial charge is 0.467 e. The van der Waals surface area contributed by atoms with Gasteiger partial charge in [0.25, 0.3) is 11.6 Å². The Hall–Kier alpha value is -3.50. The number of β-amino-alcohol motifs (C(OH)–C–C–N with tert-alkyl or cyclic N) is 1. The van der Waals surface area contributed by atoms with Crippen LogP contribution < -0.4 is 4.74 Å². The van der Waals surface area contributed by atoms with Crippen LogP contribution in [0.3, 0.4) is 0 Å². The van der Waals surface area contributed by atoms with Crippen molar-refractivity contribution in [3.8, 4) is 5.75 Å². The summed E-state index contributed by atoms with van der Waals surface area (Å²) in [5.41, 5.74) is 0.257. The highest BCUT2D eigenvalue weighted by Gasteiger charge is 2.41. The van der Waals surface area contributed by atoms with Crippen LogP contribution in [0.4, 0.5) is 5.69 Å². The number of aliphatic hydroxyl groups is 1. The van der Waals surface area contributed by atoms with Crippen molar-refractivity contribution in [1.82, 2.24) is 4.90 Å². The van der Waals surface area contributed by atoms with Crippen LogP contribution in [-0.4, -0.2) is 59.4 Å². The molecular weight excluding hydrogens is 408 g/mol. The van der Waals surface area contributed by atoms with E-state index in [1.807, 2.05) is 30.3 Å². The average Bonchev–Trinajstić information content (AvgIpc) is 3.18. The Balaban J connectivity index is 1.70. The van der Waals surface area contributed by atoms with E-state index in [1.165, 1.54) is 19.2 Å². The number of ether oxygens (including phenoxy) is 3. The maximum Gasteiger partial charge on any atom is 0.328 e. The standard InChI is InChI=1S/C21H22N2O8/c1-29-21(26)19-9-15(24)11-22(19)20(25)17-8-7-16(10-18(17)23(27)28)31-13-30-12-14-5-3-2-4-6-14/h2-8,10,15,19,24H,9,11-13H2,1H3/t15?,19-/m0/s1. The molecule has 0 bridgehead atoms. The Morgan fingerprint density at radius 2 is 1.97 bits per heavy atom. The van der Waals surface area contributed by atoms with Crippen LogP contribution in [0.5, 0.6) is 5.75 Å². The molecule has 164 valence electrons. The summed E-state index contributed by atoms with van der Waals surface area (Å²) in [4.78, 5) is 36.8. The highest BCUT2D eigenvalue weighted by Crippen LogP contribution is 2.29. The fourth-order valence-corrected chi connectivity index (χ4v) is 3.33. The average molecular weight is 430 g/mol. The fraction of sp³-hybridized carbons (Fsp3) is 0.333. The van der Waals surface area contributed by atoms with E-state index in [9.17, 15) is 24.8 Å². The molecule has 10 nitrogen and oxygen atoms in total. The molecule has 1 amide bonds. The molecule has 1 unspecified atom stereocenters. The molecule has 2 aromatic carbocycles. The van der Waals surface area contributed by atoms with Gasteiger partial charge in [0.2, 0.25) is 0 Å². The molecule has 1 fully saturated rings. The van der Waals surface area contributed by atoms with Crippen molar-refractivity contribution in [2.45, 2.75) is 25.2 Å². The third-order valence-electron chi connectivity index (χ3n) is 4.83. The maximum atomic E-state index is 12.9. The Morgan fingerprint density at radius 3 is 2.65 bits per heavy atom. The highest BCUT2D eigenvalue weighted by molar-refractivity contribution is 6.00. The summed E-state index contributed by atoms with van der Waals surface area (Å²) in [6, 6.07) is 12.2. The lowest BCUT2D eigenvalue weighted by Crippen LogP contribution is -2.41. The van der Waals surface area contributed by atoms with Crippen LogP contribution in [0.15, 0.2) is 48.5 Å². The zero-order chi connectivity index (χ0) is 22.4. The van der Waals surface area contributed by atoms with Crippen molar-refractivity contribution in [1.29, 1.82) is 0 Å². The van der Waals surface area contributed by atoms with Gasteiger partial charge in [-0.05, 0) is 17.7 Å². The summed E-state index contributed by atoms with van der Waals surface area (Å²) >= 11 is 0. The molecule has 1 saturated heterocycles. The van der Waals surface area contributed by atoms with E-state index in [0.717, 1.165) is 16.5 Å². The van der Waals surface area contributed by atoms with Crippen LogP contribution in [0.25, 0.3) is 0 Å². The number of nitro groups is 1. The molecule has 0 radical (unpaired) electrons. The van der Waals surface area contributed by atoms with E-state index >= 15 is 0 Å². The molecule has 31 heavy (non-hydrogen) atoms. The molecule has 0 aliphatic carbocycles. The van der Waals surface area contributed by atoms with Gasteiger partial charge in [-0.15, -0.1) is 0 Å². The number of likely N-dealkylation sites (tertiary alicyclic amines) is 1. The van der Waals surface area contributed by atoms with Crippen LogP contribution in [-0.2, 0) is 20.9 Å². The highest BCUT2D eigenvalue weighted by atomic mass is 16.7. The maximum absolute atomic E-state index is 12.9. The van der Waals surface area contributed by atoms with Crippen LogP contribution >= 0.6 is 0 Å². The number of carbonyl (C=O) groups excluding carboxylic acids is 2. The van der Waals surface area contributed by atoms with Gasteiger partial charge in [-0.3, -0.25) is 14.9 Å². The molecule has 1 heterocycles. The predicted molar refractivity (Wildman–Crippen MR) is 107 cm³/mol. The predicted octanol–water partition coefficient (Wildman–Crippen LogP) is 1.90. The quantitative estimate of drug-likeness (QED) is 0.221. The molecule has 2 aromatic rings. The minimum Gasteiger partial charge on any atom is -0.467 e. The van der Waals surface area contributed by atoms with E-state index < -0.39 is 34.6 Å². The van der Waals surface area contributed by atoms with Gasteiger partial charge in [0.1, 0.15) is 17.4 Å². The first-order valence-corrected chi connectivity index (χ1v) is 9.50. The van der Waals surface area contributed by atoms with E-state index in [-0.39, 0.29) is 31.1 Å². The zero-order valence-corrected chi connectivity index (χ0v) is 16.8. The van der Waals surface area contributed by atoms with Crippen molar-refractivity contribution in [2.75, 3.05) is 20.4 Å². The van der Waals surface area contributed by atoms with Crippen LogP contribution in [0.1, 0.15) is 22.3 Å². The number of hydrogen-bond donors (Lipinski definition) is 1. The van der Waals surface area contributed by atoms with Crippen molar-refractivity contribution in [2.24, 2.45) is 0 Å². The number of carbonyl (C=O) groups is 2. The molecule has 0 spiro atoms. The van der Waals surface area contributed by atoms with Gasteiger partial charge in [-0.25, -0.2) is 4.79 Å². The Labute approximate surface area is 178 Å². The summed E-state index contributed by atoms with van der Waals surface area (Å²) in [6.45, 7) is 0.0507. The monoisotopic (exact) mass is 430 g/mol. The lowest BCUT2D eigenvalue weighted by atomic mass is 10.1. The molecule has 1 aliphatic heterocycles. The summed E-state index contributed by atoms with van der Waals surface area (Å²) < 4.78 is 15.5. The Kier molecular flexibility index (Phi) is 7.16. The summed E-state index contributed by atoms with van der Waals surface area (Å²) in [7, 11) is 1.17. The number of methoxy groups -OCH3 is 1. The van der Waals surface area contributed by atoms with E-state index in [1.54, 1.807) is 0 Å². The lowest BCUT2D eigenvalue weighted by Gasteiger charge is -2.22. The van der Waals surface area contributed by atoms with Gasteiger partial charge in [0, 0.05) is 13.0 Å². The number of esters is 1. The summed E-state index contributed by atoms with van der Waals surface area (Å²) in [5.74, 6) is -1.28. The second-order valence-corrected chi connectivity index (χ2v) is 6.92. The van der Waals surface area contributed by atoms with Gasteiger partial charge in [-0.1, -0.05) is 30.3 Å². The number of amides is 1. The minimum absolute atomic E-state index is 0.00611. The number of nitro benzene ring substituents is 1. The smallest absolute Gasteiger partial charge is 0.328 e. The van der Waals surface area contributed by atoms with Crippen LogP contribution in [0.2, 0.25) is 0 Å². The van der Waals surface area contributed by atoms with Gasteiger partial charge in [0.05, 0.1) is 30.8 Å². The molecule has 10 heteroatoms. The molecule has 0 saturated carbocycles. The second-order valence-electron chi connectivity index (χ2n) is 6.92. The topological polar surface area (TPSA) is 128 Å². The van der Waals surface area contributed by atoms with Crippen molar-refractivity contribution < 1.29 is 33.8 Å². The third kappa shape index (κ3) is 5.36. The Morgan fingerprint density at radius 1 is 1.23 bits per heavy atom. The Bertz CT molecular complexity index is 950. The van der Waals surface area contributed by atoms with Gasteiger partial charge in [0.15, 0.2) is 6.79 Å².